The number of aromatic nitrogens is 4. The molecule has 9 nitrogen and oxygen atoms in total. The maximum Gasteiger partial charge on any atom is 0.226 e. The molecule has 0 aliphatic carbocycles. The SMILES string of the molecule is OC[C@H]1O[C@@H](n2cnc3c(N4Cc5ccccc5C4c4ccccc4)nc(Cl)nc32)[C@H](O)[C@@H]1O. The lowest BCUT2D eigenvalue weighted by molar-refractivity contribution is -0.0511. The smallest absolute Gasteiger partial charge is 0.226 e. The van der Waals surface area contributed by atoms with E-state index in [1.807, 2.05) is 30.3 Å². The van der Waals surface area contributed by atoms with Gasteiger partial charge in [0.15, 0.2) is 23.2 Å². The highest BCUT2D eigenvalue weighted by atomic mass is 35.5. The molecule has 1 unspecified atom stereocenters. The lowest BCUT2D eigenvalue weighted by Gasteiger charge is -2.27. The van der Waals surface area contributed by atoms with Crippen molar-refractivity contribution < 1.29 is 20.1 Å². The number of aliphatic hydroxyl groups excluding tert-OH is 3. The lowest BCUT2D eigenvalue weighted by Crippen LogP contribution is -2.33. The summed E-state index contributed by atoms with van der Waals surface area (Å²) in [6.45, 7) is 0.187. The van der Waals surface area contributed by atoms with Crippen molar-refractivity contribution in [2.45, 2.75) is 37.1 Å². The molecule has 5 atom stereocenters. The number of aliphatic hydroxyl groups is 3. The molecular formula is C24H22ClN5O4. The second-order valence-electron chi connectivity index (χ2n) is 8.51. The van der Waals surface area contributed by atoms with Gasteiger partial charge in [-0.3, -0.25) is 4.57 Å². The van der Waals surface area contributed by atoms with E-state index < -0.39 is 31.1 Å². The molecule has 0 spiro atoms. The summed E-state index contributed by atoms with van der Waals surface area (Å²) in [5.41, 5.74) is 4.34. The number of rotatable bonds is 4. The average Bonchev–Trinajstić information content (AvgIpc) is 3.53. The van der Waals surface area contributed by atoms with Gasteiger partial charge >= 0.3 is 0 Å². The predicted octanol–water partition coefficient (Wildman–Crippen LogP) is 2.20. The summed E-state index contributed by atoms with van der Waals surface area (Å²) in [4.78, 5) is 15.6. The first-order valence-corrected chi connectivity index (χ1v) is 11.4. The Bertz CT molecular complexity index is 1350. The minimum absolute atomic E-state index is 0.0266. The number of fused-ring (bicyclic) bond motifs is 2. The van der Waals surface area contributed by atoms with Gasteiger partial charge in [0.25, 0.3) is 0 Å². The zero-order valence-electron chi connectivity index (χ0n) is 17.9. The van der Waals surface area contributed by atoms with Crippen molar-refractivity contribution in [2.75, 3.05) is 11.5 Å². The van der Waals surface area contributed by atoms with Crippen molar-refractivity contribution in [3.8, 4) is 0 Å². The maximum absolute atomic E-state index is 10.5. The molecule has 4 aromatic rings. The van der Waals surface area contributed by atoms with E-state index >= 15 is 0 Å². The number of hydrogen-bond acceptors (Lipinski definition) is 8. The highest BCUT2D eigenvalue weighted by Gasteiger charge is 2.44. The molecule has 0 radical (unpaired) electrons. The second-order valence-corrected chi connectivity index (χ2v) is 8.85. The molecule has 4 heterocycles. The summed E-state index contributed by atoms with van der Waals surface area (Å²) in [6.07, 6.45) is -2.90. The summed E-state index contributed by atoms with van der Waals surface area (Å²) in [6, 6.07) is 18.3. The second kappa shape index (κ2) is 8.30. The van der Waals surface area contributed by atoms with Crippen molar-refractivity contribution in [3.63, 3.8) is 0 Å². The largest absolute Gasteiger partial charge is 0.394 e. The highest BCUT2D eigenvalue weighted by molar-refractivity contribution is 6.28. The number of halogens is 1. The minimum atomic E-state index is -1.26. The number of anilines is 1. The van der Waals surface area contributed by atoms with E-state index in [0.29, 0.717) is 23.5 Å². The third-order valence-corrected chi connectivity index (χ3v) is 6.73. The van der Waals surface area contributed by atoms with Gasteiger partial charge in [0.1, 0.15) is 18.3 Å². The molecule has 0 amide bonds. The third kappa shape index (κ3) is 3.28. The number of ether oxygens (including phenoxy) is 1. The Morgan fingerprint density at radius 1 is 1.00 bits per heavy atom. The van der Waals surface area contributed by atoms with Crippen LogP contribution in [0.15, 0.2) is 60.9 Å². The number of hydrogen-bond donors (Lipinski definition) is 3. The van der Waals surface area contributed by atoms with Crippen LogP contribution in [-0.4, -0.2) is 59.8 Å². The molecule has 2 aromatic heterocycles. The van der Waals surface area contributed by atoms with Crippen molar-refractivity contribution in [1.82, 2.24) is 19.5 Å². The van der Waals surface area contributed by atoms with Gasteiger partial charge in [-0.1, -0.05) is 54.6 Å². The van der Waals surface area contributed by atoms with Gasteiger partial charge in [-0.15, -0.1) is 0 Å². The van der Waals surface area contributed by atoms with Gasteiger partial charge in [-0.2, -0.15) is 9.97 Å². The molecule has 0 saturated carbocycles. The zero-order valence-corrected chi connectivity index (χ0v) is 18.7. The topological polar surface area (TPSA) is 117 Å². The first-order chi connectivity index (χ1) is 16.6. The van der Waals surface area contributed by atoms with Crippen LogP contribution in [0, 0.1) is 0 Å². The monoisotopic (exact) mass is 479 g/mol. The minimum Gasteiger partial charge on any atom is -0.394 e. The third-order valence-electron chi connectivity index (χ3n) is 6.56. The Balaban J connectivity index is 1.48. The normalized spacial score (nSPS) is 26.4. The summed E-state index contributed by atoms with van der Waals surface area (Å²) < 4.78 is 7.21. The highest BCUT2D eigenvalue weighted by Crippen LogP contribution is 2.43. The van der Waals surface area contributed by atoms with Crippen molar-refractivity contribution in [2.24, 2.45) is 0 Å². The number of nitrogens with zero attached hydrogens (tertiary/aromatic N) is 5. The van der Waals surface area contributed by atoms with Gasteiger partial charge in [0.05, 0.1) is 19.0 Å². The molecule has 1 saturated heterocycles. The molecule has 2 aliphatic rings. The molecule has 3 N–H and O–H groups in total. The van der Waals surface area contributed by atoms with Crippen molar-refractivity contribution in [3.05, 3.63) is 82.9 Å². The van der Waals surface area contributed by atoms with Crippen LogP contribution in [-0.2, 0) is 11.3 Å². The average molecular weight is 480 g/mol. The summed E-state index contributed by atoms with van der Waals surface area (Å²) >= 11 is 6.38. The van der Waals surface area contributed by atoms with Crippen LogP contribution in [0.3, 0.4) is 0 Å². The molecule has 1 fully saturated rings. The zero-order chi connectivity index (χ0) is 23.4. The first kappa shape index (κ1) is 21.5. The maximum atomic E-state index is 10.5. The Morgan fingerprint density at radius 3 is 2.53 bits per heavy atom. The van der Waals surface area contributed by atoms with Crippen LogP contribution in [0.4, 0.5) is 5.82 Å². The predicted molar refractivity (Wildman–Crippen MR) is 124 cm³/mol. The fraction of sp³-hybridized carbons (Fsp3) is 0.292. The quantitative estimate of drug-likeness (QED) is 0.381. The molecule has 10 heteroatoms. The first-order valence-electron chi connectivity index (χ1n) is 11.0. The summed E-state index contributed by atoms with van der Waals surface area (Å²) in [5.74, 6) is 0.561. The summed E-state index contributed by atoms with van der Waals surface area (Å²) in [5, 5.41) is 30.2. The van der Waals surface area contributed by atoms with Crippen LogP contribution >= 0.6 is 11.6 Å². The van der Waals surface area contributed by atoms with E-state index in [1.54, 1.807) is 0 Å². The molecule has 0 bridgehead atoms. The van der Waals surface area contributed by atoms with Gasteiger partial charge in [-0.05, 0) is 28.3 Å². The molecule has 2 aliphatic heterocycles. The van der Waals surface area contributed by atoms with Gasteiger partial charge in [0, 0.05) is 6.54 Å². The lowest BCUT2D eigenvalue weighted by atomic mass is 9.98. The molecular weight excluding hydrogens is 458 g/mol. The Hall–Kier alpha value is -3.08. The molecule has 6 rings (SSSR count). The fourth-order valence-corrected chi connectivity index (χ4v) is 5.11. The van der Waals surface area contributed by atoms with E-state index in [-0.39, 0.29) is 11.3 Å². The van der Waals surface area contributed by atoms with Crippen LogP contribution < -0.4 is 4.90 Å². The Labute approximate surface area is 199 Å². The number of imidazole rings is 1. The van der Waals surface area contributed by atoms with Crippen LogP contribution in [0.1, 0.15) is 29.0 Å². The molecule has 174 valence electrons. The Kier molecular flexibility index (Phi) is 5.23. The van der Waals surface area contributed by atoms with Gasteiger partial charge in [-0.25, -0.2) is 4.98 Å². The molecule has 34 heavy (non-hydrogen) atoms. The van der Waals surface area contributed by atoms with Crippen molar-refractivity contribution in [1.29, 1.82) is 0 Å². The molecule has 2 aromatic carbocycles. The van der Waals surface area contributed by atoms with Crippen LogP contribution in [0.2, 0.25) is 5.28 Å². The van der Waals surface area contributed by atoms with Crippen LogP contribution in [0.5, 0.6) is 0 Å². The van der Waals surface area contributed by atoms with Crippen molar-refractivity contribution >= 4 is 28.6 Å². The van der Waals surface area contributed by atoms with E-state index in [1.165, 1.54) is 22.0 Å². The van der Waals surface area contributed by atoms with E-state index in [0.717, 1.165) is 5.56 Å². The van der Waals surface area contributed by atoms with Gasteiger partial charge < -0.3 is 25.0 Å². The van der Waals surface area contributed by atoms with Crippen LogP contribution in [0.25, 0.3) is 11.2 Å². The fourth-order valence-electron chi connectivity index (χ4n) is 4.95. The van der Waals surface area contributed by atoms with E-state index in [4.69, 9.17) is 16.3 Å². The van der Waals surface area contributed by atoms with E-state index in [2.05, 4.69) is 44.1 Å². The Morgan fingerprint density at radius 2 is 1.76 bits per heavy atom. The van der Waals surface area contributed by atoms with E-state index in [9.17, 15) is 15.3 Å². The summed E-state index contributed by atoms with van der Waals surface area (Å²) in [7, 11) is 0. The number of benzene rings is 2. The van der Waals surface area contributed by atoms with Gasteiger partial charge in [0.2, 0.25) is 5.28 Å². The standard InChI is InChI=1S/C24H22ClN5O4/c25-24-27-21(17-22(28-24)30(12-26-17)23-20(33)19(32)16(11-31)34-23)29-10-14-8-4-5-9-15(14)18(29)13-6-2-1-3-7-13/h1-9,12,16,18-20,23,31-33H,10-11H2/t16-,18?,19-,20-,23-/m1/s1.